The van der Waals surface area contributed by atoms with E-state index in [1.54, 1.807) is 18.2 Å². The zero-order valence-electron chi connectivity index (χ0n) is 15.7. The number of hydrogen-bond acceptors (Lipinski definition) is 3. The standard InChI is InChI=1S/C21H20F3NO3S/c1-28-19-7-4-14(10-18(19)21(22,23)24)17-12-20(8-9-20)11-16(17)13-2-5-15(6-3-13)29(25,26)27/h2-7,10H,8-9,11-12H2,1H3,(H2,25,26,27). The molecule has 0 bridgehead atoms. The van der Waals surface area contributed by atoms with Gasteiger partial charge in [-0.15, -0.1) is 0 Å². The molecule has 0 aromatic heterocycles. The van der Waals surface area contributed by atoms with Crippen molar-refractivity contribution in [3.63, 3.8) is 0 Å². The van der Waals surface area contributed by atoms with Crippen molar-refractivity contribution in [2.75, 3.05) is 7.11 Å². The van der Waals surface area contributed by atoms with Crippen LogP contribution in [0.15, 0.2) is 47.4 Å². The maximum atomic E-state index is 13.5. The van der Waals surface area contributed by atoms with Crippen molar-refractivity contribution in [2.24, 2.45) is 10.6 Å². The Labute approximate surface area is 167 Å². The number of rotatable bonds is 4. The van der Waals surface area contributed by atoms with Gasteiger partial charge >= 0.3 is 6.18 Å². The van der Waals surface area contributed by atoms with Crippen LogP contribution in [-0.2, 0) is 16.2 Å². The van der Waals surface area contributed by atoms with Gasteiger partial charge in [-0.3, -0.25) is 0 Å². The first-order chi connectivity index (χ1) is 13.5. The Balaban J connectivity index is 1.81. The maximum Gasteiger partial charge on any atom is 0.419 e. The van der Waals surface area contributed by atoms with Crippen molar-refractivity contribution in [1.82, 2.24) is 0 Å². The van der Waals surface area contributed by atoms with Crippen LogP contribution in [0.1, 0.15) is 42.4 Å². The van der Waals surface area contributed by atoms with E-state index in [0.29, 0.717) is 12.0 Å². The summed E-state index contributed by atoms with van der Waals surface area (Å²) in [6.07, 6.45) is -0.961. The van der Waals surface area contributed by atoms with E-state index in [2.05, 4.69) is 0 Å². The number of benzene rings is 2. The first-order valence-corrected chi connectivity index (χ1v) is 10.7. The van der Waals surface area contributed by atoms with E-state index in [0.717, 1.165) is 42.0 Å². The van der Waals surface area contributed by atoms with E-state index in [1.165, 1.54) is 25.3 Å². The number of ether oxygens (including phenoxy) is 1. The van der Waals surface area contributed by atoms with Crippen LogP contribution in [0.25, 0.3) is 11.1 Å². The van der Waals surface area contributed by atoms with Crippen LogP contribution >= 0.6 is 0 Å². The van der Waals surface area contributed by atoms with Gasteiger partial charge in [0.1, 0.15) is 5.75 Å². The van der Waals surface area contributed by atoms with Crippen LogP contribution < -0.4 is 9.88 Å². The fourth-order valence-corrected chi connectivity index (χ4v) is 4.59. The van der Waals surface area contributed by atoms with E-state index in [9.17, 15) is 21.6 Å². The van der Waals surface area contributed by atoms with Crippen molar-refractivity contribution in [3.05, 3.63) is 59.2 Å². The lowest BCUT2D eigenvalue weighted by atomic mass is 9.95. The van der Waals surface area contributed by atoms with E-state index < -0.39 is 21.8 Å². The molecule has 154 valence electrons. The second-order valence-electron chi connectivity index (χ2n) is 7.79. The summed E-state index contributed by atoms with van der Waals surface area (Å²) in [7, 11) is -2.58. The molecule has 29 heavy (non-hydrogen) atoms. The zero-order chi connectivity index (χ0) is 21.0. The lowest BCUT2D eigenvalue weighted by Gasteiger charge is -2.15. The SMILES string of the molecule is COc1ccc(C2=C(c3ccc(S(N)(=O)=O)cc3)CC3(CC3)C2)cc1C(F)(F)F. The highest BCUT2D eigenvalue weighted by Gasteiger charge is 2.48. The summed E-state index contributed by atoms with van der Waals surface area (Å²) in [6.45, 7) is 0. The highest BCUT2D eigenvalue weighted by Crippen LogP contribution is 2.63. The lowest BCUT2D eigenvalue weighted by molar-refractivity contribution is -0.138. The van der Waals surface area contributed by atoms with E-state index in [1.807, 2.05) is 0 Å². The van der Waals surface area contributed by atoms with Crippen LogP contribution in [0, 0.1) is 5.41 Å². The number of primary sulfonamides is 1. The molecule has 0 aliphatic heterocycles. The number of halogens is 3. The fourth-order valence-electron chi connectivity index (χ4n) is 4.07. The van der Waals surface area contributed by atoms with Gasteiger partial charge in [0.2, 0.25) is 10.0 Å². The van der Waals surface area contributed by atoms with Crippen LogP contribution in [0.3, 0.4) is 0 Å². The first kappa shape index (κ1) is 20.0. The topological polar surface area (TPSA) is 69.4 Å². The predicted molar refractivity (Wildman–Crippen MR) is 104 cm³/mol. The molecule has 8 heteroatoms. The summed E-state index contributed by atoms with van der Waals surface area (Å²) < 4.78 is 68.3. The third-order valence-electron chi connectivity index (χ3n) is 5.81. The lowest BCUT2D eigenvalue weighted by Crippen LogP contribution is -2.11. The summed E-state index contributed by atoms with van der Waals surface area (Å²) in [6, 6.07) is 10.4. The number of nitrogens with two attached hydrogens (primary N) is 1. The molecule has 0 radical (unpaired) electrons. The molecular formula is C21H20F3NO3S. The Kier molecular flexibility index (Phi) is 4.55. The molecule has 1 fully saturated rings. The highest BCUT2D eigenvalue weighted by molar-refractivity contribution is 7.89. The van der Waals surface area contributed by atoms with Crippen molar-refractivity contribution in [2.45, 2.75) is 36.8 Å². The zero-order valence-corrected chi connectivity index (χ0v) is 16.5. The van der Waals surface area contributed by atoms with Gasteiger partial charge in [-0.1, -0.05) is 18.2 Å². The molecule has 0 amide bonds. The van der Waals surface area contributed by atoms with E-state index in [4.69, 9.17) is 9.88 Å². The number of alkyl halides is 3. The Morgan fingerprint density at radius 1 is 0.966 bits per heavy atom. The summed E-state index contributed by atoms with van der Waals surface area (Å²) in [5.41, 5.74) is 2.47. The van der Waals surface area contributed by atoms with Crippen LogP contribution in [0.2, 0.25) is 0 Å². The molecule has 0 heterocycles. The summed E-state index contributed by atoms with van der Waals surface area (Å²) in [4.78, 5) is 0.00587. The van der Waals surface area contributed by atoms with Gasteiger partial charge in [-0.25, -0.2) is 13.6 Å². The monoisotopic (exact) mass is 423 g/mol. The van der Waals surface area contributed by atoms with E-state index in [-0.39, 0.29) is 16.1 Å². The molecule has 4 rings (SSSR count). The van der Waals surface area contributed by atoms with Crippen molar-refractivity contribution < 1.29 is 26.3 Å². The maximum absolute atomic E-state index is 13.5. The van der Waals surface area contributed by atoms with Crippen molar-refractivity contribution in [3.8, 4) is 5.75 Å². The third-order valence-corrected chi connectivity index (χ3v) is 6.74. The second kappa shape index (κ2) is 6.60. The quantitative estimate of drug-likeness (QED) is 0.765. The molecule has 0 unspecified atom stereocenters. The van der Waals surface area contributed by atoms with Crippen LogP contribution in [-0.4, -0.2) is 15.5 Å². The highest BCUT2D eigenvalue weighted by atomic mass is 32.2. The Morgan fingerprint density at radius 3 is 2.00 bits per heavy atom. The second-order valence-corrected chi connectivity index (χ2v) is 9.35. The Hall–Kier alpha value is -2.32. The first-order valence-electron chi connectivity index (χ1n) is 9.13. The van der Waals surface area contributed by atoms with Crippen LogP contribution in [0.5, 0.6) is 5.75 Å². The van der Waals surface area contributed by atoms with Crippen molar-refractivity contribution >= 4 is 21.2 Å². The van der Waals surface area contributed by atoms with Crippen LogP contribution in [0.4, 0.5) is 13.2 Å². The molecule has 0 saturated heterocycles. The molecule has 4 nitrogen and oxygen atoms in total. The van der Waals surface area contributed by atoms with Gasteiger partial charge in [0.05, 0.1) is 17.6 Å². The van der Waals surface area contributed by atoms with Crippen molar-refractivity contribution in [1.29, 1.82) is 0 Å². The van der Waals surface area contributed by atoms with Gasteiger partial charge in [-0.2, -0.15) is 13.2 Å². The summed E-state index contributed by atoms with van der Waals surface area (Å²) >= 11 is 0. The minimum atomic E-state index is -4.52. The van der Waals surface area contributed by atoms with Gasteiger partial charge in [-0.05, 0) is 77.6 Å². The molecule has 1 saturated carbocycles. The summed E-state index contributed by atoms with van der Waals surface area (Å²) in [5.74, 6) is -0.208. The minimum Gasteiger partial charge on any atom is -0.496 e. The number of methoxy groups -OCH3 is 1. The Morgan fingerprint density at radius 2 is 1.52 bits per heavy atom. The molecule has 1 spiro atoms. The van der Waals surface area contributed by atoms with Gasteiger partial charge in [0, 0.05) is 0 Å². The molecule has 0 atom stereocenters. The molecule has 2 N–H and O–H groups in total. The van der Waals surface area contributed by atoms with E-state index >= 15 is 0 Å². The smallest absolute Gasteiger partial charge is 0.419 e. The third kappa shape index (κ3) is 3.79. The van der Waals surface area contributed by atoms with Gasteiger partial charge < -0.3 is 4.74 Å². The van der Waals surface area contributed by atoms with Gasteiger partial charge in [0.15, 0.2) is 0 Å². The average Bonchev–Trinajstić information content (AvgIpc) is 3.30. The molecule has 2 aliphatic rings. The normalized spacial score (nSPS) is 18.4. The molecular weight excluding hydrogens is 403 g/mol. The number of sulfonamides is 1. The minimum absolute atomic E-state index is 0.00587. The molecule has 2 aromatic rings. The molecule has 2 aliphatic carbocycles. The number of allylic oxidation sites excluding steroid dienone is 2. The number of hydrogen-bond donors (Lipinski definition) is 1. The van der Waals surface area contributed by atoms with Gasteiger partial charge in [0.25, 0.3) is 0 Å². The largest absolute Gasteiger partial charge is 0.496 e. The predicted octanol–water partition coefficient (Wildman–Crippen LogP) is 4.85. The Bertz CT molecular complexity index is 1100. The average molecular weight is 423 g/mol. The molecule has 2 aromatic carbocycles. The fraction of sp³-hybridized carbons (Fsp3) is 0.333. The summed E-state index contributed by atoms with van der Waals surface area (Å²) in [5, 5.41) is 5.16.